The molecule has 188 valence electrons. The molecule has 4 rings (SSSR count). The van der Waals surface area contributed by atoms with E-state index in [0.717, 1.165) is 48.0 Å². The zero-order valence-electron chi connectivity index (χ0n) is 21.3. The Morgan fingerprint density at radius 2 is 1.92 bits per heavy atom. The van der Waals surface area contributed by atoms with Crippen LogP contribution in [-0.4, -0.2) is 62.7 Å². The van der Waals surface area contributed by atoms with Gasteiger partial charge in [-0.05, 0) is 58.2 Å². The van der Waals surface area contributed by atoms with Gasteiger partial charge in [-0.1, -0.05) is 11.6 Å². The monoisotopic (exact) mass is 506 g/mol. The van der Waals surface area contributed by atoms with Crippen LogP contribution in [0.2, 0.25) is 5.02 Å². The minimum Gasteiger partial charge on any atom is -0.369 e. The standard InChI is InChI=1S/C26H31ClN8O/c1-6-35-17(3)19(14-30-35)15-34(5)26(36)24-21-13-20(27)7-8-22(21)32-25(33-24)18-11-16(2)31-23(12-18)29-10-9-28-4/h7-8,11-14,28H,6,9-10,15H2,1-5H3,(H,29,31). The van der Waals surface area contributed by atoms with E-state index in [0.29, 0.717) is 34.0 Å². The fraction of sp³-hybridized carbons (Fsp3) is 0.346. The van der Waals surface area contributed by atoms with E-state index in [1.54, 1.807) is 24.1 Å². The largest absolute Gasteiger partial charge is 0.369 e. The number of halogens is 1. The quantitative estimate of drug-likeness (QED) is 0.330. The average molecular weight is 507 g/mol. The highest BCUT2D eigenvalue weighted by atomic mass is 35.5. The van der Waals surface area contributed by atoms with Gasteiger partial charge in [-0.15, -0.1) is 0 Å². The zero-order valence-corrected chi connectivity index (χ0v) is 22.0. The number of nitrogens with one attached hydrogen (secondary N) is 2. The van der Waals surface area contributed by atoms with Crippen molar-refractivity contribution >= 4 is 34.2 Å². The number of pyridine rings is 1. The molecule has 0 aliphatic rings. The first-order chi connectivity index (χ1) is 17.3. The zero-order chi connectivity index (χ0) is 25.8. The molecule has 0 bridgehead atoms. The van der Waals surface area contributed by atoms with Crippen molar-refractivity contribution in [1.29, 1.82) is 0 Å². The number of fused-ring (bicyclic) bond motifs is 1. The summed E-state index contributed by atoms with van der Waals surface area (Å²) in [6.07, 6.45) is 1.81. The van der Waals surface area contributed by atoms with Crippen molar-refractivity contribution in [3.63, 3.8) is 0 Å². The number of carbonyl (C=O) groups excluding carboxylic acids is 1. The topological polar surface area (TPSA) is 101 Å². The maximum Gasteiger partial charge on any atom is 0.273 e. The van der Waals surface area contributed by atoms with Gasteiger partial charge in [0.15, 0.2) is 5.82 Å². The molecule has 1 amide bonds. The highest BCUT2D eigenvalue weighted by Crippen LogP contribution is 2.27. The molecule has 0 spiro atoms. The molecule has 10 heteroatoms. The Morgan fingerprint density at radius 1 is 1.11 bits per heavy atom. The van der Waals surface area contributed by atoms with Gasteiger partial charge in [0, 0.05) is 66.2 Å². The van der Waals surface area contributed by atoms with Gasteiger partial charge in [-0.3, -0.25) is 9.48 Å². The second-order valence-electron chi connectivity index (χ2n) is 8.70. The van der Waals surface area contributed by atoms with E-state index in [1.807, 2.05) is 56.9 Å². The number of carbonyl (C=O) groups is 1. The van der Waals surface area contributed by atoms with Crippen molar-refractivity contribution in [2.75, 3.05) is 32.5 Å². The van der Waals surface area contributed by atoms with Crippen LogP contribution in [0.15, 0.2) is 36.5 Å². The van der Waals surface area contributed by atoms with E-state index < -0.39 is 0 Å². The van der Waals surface area contributed by atoms with Crippen LogP contribution in [0.25, 0.3) is 22.3 Å². The van der Waals surface area contributed by atoms with Crippen LogP contribution in [0.3, 0.4) is 0 Å². The van der Waals surface area contributed by atoms with Gasteiger partial charge in [0.05, 0.1) is 11.7 Å². The summed E-state index contributed by atoms with van der Waals surface area (Å²) < 4.78 is 1.92. The summed E-state index contributed by atoms with van der Waals surface area (Å²) in [5.74, 6) is 0.972. The molecule has 9 nitrogen and oxygen atoms in total. The fourth-order valence-electron chi connectivity index (χ4n) is 4.06. The lowest BCUT2D eigenvalue weighted by molar-refractivity contribution is 0.0781. The summed E-state index contributed by atoms with van der Waals surface area (Å²) in [6.45, 7) is 8.70. The maximum atomic E-state index is 13.7. The Morgan fingerprint density at radius 3 is 2.64 bits per heavy atom. The van der Waals surface area contributed by atoms with Gasteiger partial charge >= 0.3 is 0 Å². The molecule has 0 radical (unpaired) electrons. The van der Waals surface area contributed by atoms with Crippen LogP contribution < -0.4 is 10.6 Å². The van der Waals surface area contributed by atoms with E-state index >= 15 is 0 Å². The molecule has 2 N–H and O–H groups in total. The molecule has 1 aromatic carbocycles. The van der Waals surface area contributed by atoms with Crippen molar-refractivity contribution in [2.45, 2.75) is 33.9 Å². The summed E-state index contributed by atoms with van der Waals surface area (Å²) in [4.78, 5) is 29.4. The minimum atomic E-state index is -0.215. The Balaban J connectivity index is 1.74. The molecular weight excluding hydrogens is 476 g/mol. The van der Waals surface area contributed by atoms with E-state index in [4.69, 9.17) is 21.6 Å². The Bertz CT molecular complexity index is 1400. The minimum absolute atomic E-state index is 0.215. The second kappa shape index (κ2) is 11.0. The number of hydrogen-bond acceptors (Lipinski definition) is 7. The van der Waals surface area contributed by atoms with Crippen LogP contribution in [0.4, 0.5) is 5.82 Å². The molecule has 0 saturated carbocycles. The Hall–Kier alpha value is -3.56. The van der Waals surface area contributed by atoms with Crippen LogP contribution >= 0.6 is 11.6 Å². The number of anilines is 1. The molecule has 4 aromatic rings. The molecule has 0 saturated heterocycles. The lowest BCUT2D eigenvalue weighted by atomic mass is 10.1. The predicted molar refractivity (Wildman–Crippen MR) is 143 cm³/mol. The molecule has 36 heavy (non-hydrogen) atoms. The van der Waals surface area contributed by atoms with Gasteiger partial charge in [0.2, 0.25) is 0 Å². The fourth-order valence-corrected chi connectivity index (χ4v) is 4.24. The normalized spacial score (nSPS) is 11.2. The first-order valence-electron chi connectivity index (χ1n) is 11.9. The number of benzene rings is 1. The Labute approximate surface area is 215 Å². The van der Waals surface area contributed by atoms with Crippen LogP contribution in [0.5, 0.6) is 0 Å². The molecule has 3 aromatic heterocycles. The van der Waals surface area contributed by atoms with Crippen molar-refractivity contribution in [2.24, 2.45) is 0 Å². The number of aryl methyl sites for hydroxylation is 2. The maximum absolute atomic E-state index is 13.7. The van der Waals surface area contributed by atoms with Crippen LogP contribution in [0.1, 0.15) is 34.4 Å². The molecule has 0 unspecified atom stereocenters. The Kier molecular flexibility index (Phi) is 7.81. The predicted octanol–water partition coefficient (Wildman–Crippen LogP) is 4.08. The summed E-state index contributed by atoms with van der Waals surface area (Å²) in [5.41, 5.74) is 4.59. The van der Waals surface area contributed by atoms with Crippen LogP contribution in [-0.2, 0) is 13.1 Å². The summed E-state index contributed by atoms with van der Waals surface area (Å²) in [5, 5.41) is 11.9. The van der Waals surface area contributed by atoms with Crippen molar-refractivity contribution in [3.8, 4) is 11.4 Å². The van der Waals surface area contributed by atoms with E-state index in [-0.39, 0.29) is 5.91 Å². The number of rotatable bonds is 9. The third-order valence-electron chi connectivity index (χ3n) is 6.01. The van der Waals surface area contributed by atoms with Gasteiger partial charge in [0.1, 0.15) is 11.5 Å². The van der Waals surface area contributed by atoms with Gasteiger partial charge in [-0.2, -0.15) is 5.10 Å². The molecule has 3 heterocycles. The van der Waals surface area contributed by atoms with E-state index in [2.05, 4.69) is 20.7 Å². The van der Waals surface area contributed by atoms with Crippen molar-refractivity contribution < 1.29 is 4.79 Å². The number of amides is 1. The summed E-state index contributed by atoms with van der Waals surface area (Å²) >= 11 is 6.29. The highest BCUT2D eigenvalue weighted by molar-refractivity contribution is 6.31. The van der Waals surface area contributed by atoms with Gasteiger partial charge < -0.3 is 15.5 Å². The van der Waals surface area contributed by atoms with Gasteiger partial charge in [0.25, 0.3) is 5.91 Å². The molecular formula is C26H31ClN8O. The summed E-state index contributed by atoms with van der Waals surface area (Å²) in [6, 6.07) is 9.14. The smallest absolute Gasteiger partial charge is 0.273 e. The van der Waals surface area contributed by atoms with E-state index in [1.165, 1.54) is 0 Å². The van der Waals surface area contributed by atoms with Gasteiger partial charge in [-0.25, -0.2) is 15.0 Å². The third kappa shape index (κ3) is 5.47. The first-order valence-corrected chi connectivity index (χ1v) is 12.3. The lowest BCUT2D eigenvalue weighted by Crippen LogP contribution is -2.28. The number of likely N-dealkylation sites (N-methyl/N-ethyl adjacent to an activating group) is 1. The lowest BCUT2D eigenvalue weighted by Gasteiger charge is -2.18. The molecule has 0 atom stereocenters. The molecule has 0 aliphatic carbocycles. The molecule has 0 aliphatic heterocycles. The van der Waals surface area contributed by atoms with E-state index in [9.17, 15) is 4.79 Å². The van der Waals surface area contributed by atoms with Crippen molar-refractivity contribution in [3.05, 3.63) is 64.2 Å². The van der Waals surface area contributed by atoms with Crippen LogP contribution in [0, 0.1) is 13.8 Å². The highest BCUT2D eigenvalue weighted by Gasteiger charge is 2.21. The number of nitrogens with zero attached hydrogens (tertiary/aromatic N) is 6. The average Bonchev–Trinajstić information content (AvgIpc) is 3.21. The summed E-state index contributed by atoms with van der Waals surface area (Å²) in [7, 11) is 3.67. The number of hydrogen-bond donors (Lipinski definition) is 2. The second-order valence-corrected chi connectivity index (χ2v) is 9.14. The number of aromatic nitrogens is 5. The van der Waals surface area contributed by atoms with Crippen molar-refractivity contribution in [1.82, 2.24) is 34.9 Å². The SMILES string of the molecule is CCn1ncc(CN(C)C(=O)c2nc(-c3cc(C)nc(NCCNC)c3)nc3ccc(Cl)cc23)c1C. The first kappa shape index (κ1) is 25.5. The molecule has 0 fully saturated rings. The third-order valence-corrected chi connectivity index (χ3v) is 6.25.